The molecule has 0 spiro atoms. The van der Waals surface area contributed by atoms with Crippen molar-refractivity contribution in [1.29, 1.82) is 0 Å². The maximum absolute atomic E-state index is 12.2. The van der Waals surface area contributed by atoms with E-state index in [0.717, 1.165) is 19.4 Å². The van der Waals surface area contributed by atoms with Crippen LogP contribution in [0.5, 0.6) is 0 Å². The summed E-state index contributed by atoms with van der Waals surface area (Å²) in [6.45, 7) is 1.37. The largest absolute Gasteiger partial charge is 0.462 e. The van der Waals surface area contributed by atoms with Crippen molar-refractivity contribution < 1.29 is 13.9 Å². The molecular formula is C20H20Cl2N2O3. The van der Waals surface area contributed by atoms with E-state index >= 15 is 0 Å². The second-order valence-electron chi connectivity index (χ2n) is 6.51. The minimum absolute atomic E-state index is 0.370. The second-order valence-corrected chi connectivity index (χ2v) is 7.38. The lowest BCUT2D eigenvalue weighted by Crippen LogP contribution is -2.14. The predicted octanol–water partition coefficient (Wildman–Crippen LogP) is 5.30. The number of oxazole rings is 1. The number of rotatable bonds is 7. The van der Waals surface area contributed by atoms with Gasteiger partial charge in [0.15, 0.2) is 5.58 Å². The minimum Gasteiger partial charge on any atom is -0.462 e. The maximum Gasteiger partial charge on any atom is 0.338 e. The molecule has 27 heavy (non-hydrogen) atoms. The van der Waals surface area contributed by atoms with Gasteiger partial charge in [-0.1, -0.05) is 23.2 Å². The number of hydrogen-bond acceptors (Lipinski definition) is 5. The van der Waals surface area contributed by atoms with Crippen LogP contribution in [-0.2, 0) is 4.74 Å². The molecule has 1 aromatic heterocycles. The first kappa shape index (κ1) is 19.7. The molecule has 5 nitrogen and oxygen atoms in total. The van der Waals surface area contributed by atoms with Gasteiger partial charge in [-0.3, -0.25) is 0 Å². The van der Waals surface area contributed by atoms with Crippen LogP contribution in [-0.4, -0.2) is 43.1 Å². The number of fused-ring (bicyclic) bond motifs is 1. The number of benzene rings is 2. The molecule has 7 heteroatoms. The Balaban J connectivity index is 1.71. The van der Waals surface area contributed by atoms with E-state index in [1.165, 1.54) is 0 Å². The fourth-order valence-electron chi connectivity index (χ4n) is 2.63. The standard InChI is InChI=1S/C20H20Cl2N2O3/c1-24(2)7-3-4-8-26-20(25)13-5-6-17-18(11-13)27-19(23-17)14-9-15(21)12-16(22)10-14/h5-6,9-12H,3-4,7-8H2,1-2H3. The molecule has 0 amide bonds. The lowest BCUT2D eigenvalue weighted by Gasteiger charge is -2.09. The molecule has 3 rings (SSSR count). The number of hydrogen-bond donors (Lipinski definition) is 0. The van der Waals surface area contributed by atoms with Gasteiger partial charge in [-0.25, -0.2) is 9.78 Å². The average molecular weight is 407 g/mol. The summed E-state index contributed by atoms with van der Waals surface area (Å²) in [4.78, 5) is 18.8. The zero-order valence-electron chi connectivity index (χ0n) is 15.2. The highest BCUT2D eigenvalue weighted by molar-refractivity contribution is 6.35. The zero-order chi connectivity index (χ0) is 19.4. The van der Waals surface area contributed by atoms with Crippen LogP contribution in [0.1, 0.15) is 23.2 Å². The highest BCUT2D eigenvalue weighted by Gasteiger charge is 2.13. The van der Waals surface area contributed by atoms with Crippen molar-refractivity contribution in [3.8, 4) is 11.5 Å². The third-order valence-electron chi connectivity index (χ3n) is 3.97. The molecule has 2 aromatic carbocycles. The molecule has 0 aliphatic rings. The van der Waals surface area contributed by atoms with Crippen molar-refractivity contribution in [3.63, 3.8) is 0 Å². The molecule has 0 unspecified atom stereocenters. The monoisotopic (exact) mass is 406 g/mol. The van der Waals surface area contributed by atoms with Gasteiger partial charge >= 0.3 is 5.97 Å². The summed E-state index contributed by atoms with van der Waals surface area (Å²) in [6.07, 6.45) is 1.81. The molecule has 3 aromatic rings. The summed E-state index contributed by atoms with van der Waals surface area (Å²) in [7, 11) is 4.04. The van der Waals surface area contributed by atoms with Crippen LogP contribution >= 0.6 is 23.2 Å². The molecule has 0 fully saturated rings. The number of esters is 1. The summed E-state index contributed by atoms with van der Waals surface area (Å²) in [5.74, 6) is 0.0223. The van der Waals surface area contributed by atoms with Gasteiger partial charge < -0.3 is 14.1 Å². The molecule has 0 radical (unpaired) electrons. The van der Waals surface area contributed by atoms with Gasteiger partial charge in [0, 0.05) is 15.6 Å². The Morgan fingerprint density at radius 1 is 1.11 bits per heavy atom. The Hall–Kier alpha value is -2.08. The van der Waals surface area contributed by atoms with Crippen LogP contribution < -0.4 is 0 Å². The highest BCUT2D eigenvalue weighted by Crippen LogP contribution is 2.29. The van der Waals surface area contributed by atoms with E-state index in [1.54, 1.807) is 36.4 Å². The number of nitrogens with zero attached hydrogens (tertiary/aromatic N) is 2. The Morgan fingerprint density at radius 3 is 2.56 bits per heavy atom. The summed E-state index contributed by atoms with van der Waals surface area (Å²) < 4.78 is 11.1. The molecule has 142 valence electrons. The Morgan fingerprint density at radius 2 is 1.85 bits per heavy atom. The molecule has 0 N–H and O–H groups in total. The van der Waals surface area contributed by atoms with Crippen LogP contribution in [0.2, 0.25) is 10.0 Å². The fourth-order valence-corrected chi connectivity index (χ4v) is 3.16. The fraction of sp³-hybridized carbons (Fsp3) is 0.300. The van der Waals surface area contributed by atoms with Crippen LogP contribution in [0.15, 0.2) is 40.8 Å². The van der Waals surface area contributed by atoms with E-state index in [4.69, 9.17) is 32.4 Å². The van der Waals surface area contributed by atoms with Crippen LogP contribution in [0.4, 0.5) is 0 Å². The van der Waals surface area contributed by atoms with Gasteiger partial charge in [0.2, 0.25) is 5.89 Å². The third kappa shape index (κ3) is 5.22. The molecule has 1 heterocycles. The van der Waals surface area contributed by atoms with E-state index in [1.807, 2.05) is 14.1 Å². The highest BCUT2D eigenvalue weighted by atomic mass is 35.5. The van der Waals surface area contributed by atoms with Crippen LogP contribution in [0.3, 0.4) is 0 Å². The van der Waals surface area contributed by atoms with Crippen molar-refractivity contribution in [1.82, 2.24) is 9.88 Å². The summed E-state index contributed by atoms with van der Waals surface area (Å²) in [6, 6.07) is 10.1. The quantitative estimate of drug-likeness (QED) is 0.393. The van der Waals surface area contributed by atoms with Gasteiger partial charge in [-0.15, -0.1) is 0 Å². The smallest absolute Gasteiger partial charge is 0.338 e. The van der Waals surface area contributed by atoms with Crippen molar-refractivity contribution >= 4 is 40.3 Å². The molecule has 0 saturated carbocycles. The van der Waals surface area contributed by atoms with E-state index in [-0.39, 0.29) is 5.97 Å². The second kappa shape index (κ2) is 8.74. The van der Waals surface area contributed by atoms with Gasteiger partial charge in [0.05, 0.1) is 12.2 Å². The summed E-state index contributed by atoms with van der Waals surface area (Å²) in [5, 5.41) is 0.997. The molecule has 0 saturated heterocycles. The Kier molecular flexibility index (Phi) is 6.37. The first-order valence-electron chi connectivity index (χ1n) is 8.61. The first-order chi connectivity index (χ1) is 12.9. The van der Waals surface area contributed by atoms with E-state index < -0.39 is 0 Å². The van der Waals surface area contributed by atoms with E-state index in [9.17, 15) is 4.79 Å². The lowest BCUT2D eigenvalue weighted by molar-refractivity contribution is 0.0496. The lowest BCUT2D eigenvalue weighted by atomic mass is 10.2. The average Bonchev–Trinajstić information content (AvgIpc) is 3.03. The third-order valence-corrected chi connectivity index (χ3v) is 4.40. The number of halogens is 2. The molecule has 0 atom stereocenters. The Bertz CT molecular complexity index is 933. The van der Waals surface area contributed by atoms with Crippen molar-refractivity contribution in [2.45, 2.75) is 12.8 Å². The van der Waals surface area contributed by atoms with Crippen LogP contribution in [0, 0.1) is 0 Å². The van der Waals surface area contributed by atoms with Gasteiger partial charge in [-0.2, -0.15) is 0 Å². The zero-order valence-corrected chi connectivity index (χ0v) is 16.7. The van der Waals surface area contributed by atoms with Crippen molar-refractivity contribution in [2.75, 3.05) is 27.2 Å². The molecular weight excluding hydrogens is 387 g/mol. The minimum atomic E-state index is -0.370. The molecule has 0 aliphatic carbocycles. The SMILES string of the molecule is CN(C)CCCCOC(=O)c1ccc2nc(-c3cc(Cl)cc(Cl)c3)oc2c1. The number of carbonyl (C=O) groups is 1. The van der Waals surface area contributed by atoms with Crippen molar-refractivity contribution in [2.24, 2.45) is 0 Å². The molecule has 0 aliphatic heterocycles. The summed E-state index contributed by atoms with van der Waals surface area (Å²) in [5.41, 5.74) is 2.25. The summed E-state index contributed by atoms with van der Waals surface area (Å²) >= 11 is 12.1. The van der Waals surface area contributed by atoms with Gasteiger partial charge in [-0.05, 0) is 69.9 Å². The number of aromatic nitrogens is 1. The van der Waals surface area contributed by atoms with Gasteiger partial charge in [0.1, 0.15) is 5.52 Å². The van der Waals surface area contributed by atoms with Gasteiger partial charge in [0.25, 0.3) is 0 Å². The number of ether oxygens (including phenoxy) is 1. The normalized spacial score (nSPS) is 11.3. The molecule has 0 bridgehead atoms. The topological polar surface area (TPSA) is 55.6 Å². The first-order valence-corrected chi connectivity index (χ1v) is 9.37. The van der Waals surface area contributed by atoms with E-state index in [2.05, 4.69) is 9.88 Å². The van der Waals surface area contributed by atoms with Crippen LogP contribution in [0.25, 0.3) is 22.6 Å². The Labute approximate surface area is 167 Å². The predicted molar refractivity (Wildman–Crippen MR) is 108 cm³/mol. The maximum atomic E-state index is 12.2. The number of unbranched alkanes of at least 4 members (excludes halogenated alkanes) is 1. The van der Waals surface area contributed by atoms with Crippen molar-refractivity contribution in [3.05, 3.63) is 52.0 Å². The number of carbonyl (C=O) groups excluding carboxylic acids is 1. The van der Waals surface area contributed by atoms with E-state index in [0.29, 0.717) is 44.8 Å².